The van der Waals surface area contributed by atoms with E-state index in [1.54, 1.807) is 0 Å². The Balaban J connectivity index is 1.54. The second-order valence-electron chi connectivity index (χ2n) is 15.4. The molecule has 7 fully saturated rings. The van der Waals surface area contributed by atoms with Gasteiger partial charge in [0.05, 0.1) is 22.2 Å². The van der Waals surface area contributed by atoms with Gasteiger partial charge in [0, 0.05) is 16.2 Å². The number of hydrogen-bond acceptors (Lipinski definition) is 5. The summed E-state index contributed by atoms with van der Waals surface area (Å²) < 4.78 is 6.72. The second-order valence-corrected chi connectivity index (χ2v) is 15.4. The molecule has 0 amide bonds. The van der Waals surface area contributed by atoms with Gasteiger partial charge in [0.2, 0.25) is 0 Å². The number of carbonyl (C=O) groups is 1. The lowest BCUT2D eigenvalue weighted by Gasteiger charge is -2.76. The Bertz CT molecular complexity index is 801. The lowest BCUT2D eigenvalue weighted by atomic mass is 9.31. The van der Waals surface area contributed by atoms with E-state index in [1.165, 1.54) is 0 Å². The predicted molar refractivity (Wildman–Crippen MR) is 138 cm³/mol. The molecule has 0 atom stereocenters. The molecule has 7 aliphatic rings. The highest BCUT2D eigenvalue weighted by Gasteiger charge is 2.79. The first-order valence-corrected chi connectivity index (χ1v) is 15.2. The number of aliphatic hydroxyl groups is 3. The minimum Gasteiger partial charge on any atom is -0.459 e. The van der Waals surface area contributed by atoms with E-state index >= 15 is 0 Å². The van der Waals surface area contributed by atoms with E-state index in [2.05, 4.69) is 0 Å². The monoisotopic (exact) mass is 502 g/mol. The number of rotatable bonds is 6. The van der Waals surface area contributed by atoms with Gasteiger partial charge in [-0.3, -0.25) is 4.79 Å². The zero-order valence-electron chi connectivity index (χ0n) is 23.1. The number of esters is 1. The van der Waals surface area contributed by atoms with E-state index in [9.17, 15) is 20.1 Å². The van der Waals surface area contributed by atoms with Gasteiger partial charge in [-0.1, -0.05) is 45.4 Å². The van der Waals surface area contributed by atoms with E-state index in [0.29, 0.717) is 25.7 Å². The minimum absolute atomic E-state index is 0.150. The lowest BCUT2D eigenvalue weighted by Crippen LogP contribution is -2.76. The maximum Gasteiger partial charge on any atom is 0.312 e. The summed E-state index contributed by atoms with van der Waals surface area (Å²) in [7, 11) is 0. The van der Waals surface area contributed by atoms with Crippen molar-refractivity contribution in [1.29, 1.82) is 0 Å². The first-order valence-electron chi connectivity index (χ1n) is 15.2. The van der Waals surface area contributed by atoms with Crippen LogP contribution in [0.25, 0.3) is 0 Å². The standard InChI is InChI=1S/C31H50O5/c1-4-24(2,3)23(32)36-28-20-25(29(33)11-5-6-12-29)17-26(21-28,30(34)13-7-8-14-30)19-27(18-25,22-28)31(35)15-9-10-16-31/h33-35H,4-22H2,1-3H3. The fourth-order valence-electron chi connectivity index (χ4n) is 11.1. The molecule has 204 valence electrons. The summed E-state index contributed by atoms with van der Waals surface area (Å²) in [5, 5.41) is 37.2. The molecule has 7 aliphatic carbocycles. The molecule has 5 heteroatoms. The first kappa shape index (κ1) is 25.6. The van der Waals surface area contributed by atoms with Gasteiger partial charge in [0.1, 0.15) is 5.60 Å². The van der Waals surface area contributed by atoms with Crippen LogP contribution in [0.2, 0.25) is 0 Å². The molecular formula is C31H50O5. The molecule has 0 spiro atoms. The molecule has 5 nitrogen and oxygen atoms in total. The quantitative estimate of drug-likeness (QED) is 0.390. The van der Waals surface area contributed by atoms with Crippen LogP contribution in [-0.4, -0.2) is 43.7 Å². The SMILES string of the molecule is CCC(C)(C)C(=O)OC12CC3(C4(O)CCCC4)CC(C4(O)CCCC4)(C1)CC(C1(O)CCCC1)(C2)C3. The molecule has 0 radical (unpaired) electrons. The number of carbonyl (C=O) groups excluding carboxylic acids is 1. The van der Waals surface area contributed by atoms with Gasteiger partial charge in [0.15, 0.2) is 0 Å². The van der Waals surface area contributed by atoms with Gasteiger partial charge in [-0.25, -0.2) is 0 Å². The summed E-state index contributed by atoms with van der Waals surface area (Å²) in [5.74, 6) is -0.150. The van der Waals surface area contributed by atoms with Gasteiger partial charge >= 0.3 is 5.97 Å². The molecule has 7 saturated carbocycles. The van der Waals surface area contributed by atoms with Crippen LogP contribution < -0.4 is 0 Å². The second kappa shape index (κ2) is 7.72. The van der Waals surface area contributed by atoms with Crippen LogP contribution in [0, 0.1) is 21.7 Å². The molecule has 0 heterocycles. The van der Waals surface area contributed by atoms with Crippen molar-refractivity contribution in [1.82, 2.24) is 0 Å². The van der Waals surface area contributed by atoms with Crippen molar-refractivity contribution in [3.63, 3.8) is 0 Å². The highest BCUT2D eigenvalue weighted by molar-refractivity contribution is 5.76. The molecule has 4 bridgehead atoms. The lowest BCUT2D eigenvalue weighted by molar-refractivity contribution is -0.342. The Kier molecular flexibility index (Phi) is 5.49. The van der Waals surface area contributed by atoms with Crippen LogP contribution >= 0.6 is 0 Å². The Morgan fingerprint density at radius 1 is 0.639 bits per heavy atom. The maximum absolute atomic E-state index is 13.7. The smallest absolute Gasteiger partial charge is 0.312 e. The van der Waals surface area contributed by atoms with Gasteiger partial charge in [0.25, 0.3) is 0 Å². The average molecular weight is 503 g/mol. The summed E-state index contributed by atoms with van der Waals surface area (Å²) in [6.45, 7) is 5.97. The van der Waals surface area contributed by atoms with Crippen LogP contribution in [0.1, 0.15) is 143 Å². The van der Waals surface area contributed by atoms with E-state index in [0.717, 1.165) is 96.3 Å². The van der Waals surface area contributed by atoms with Crippen molar-refractivity contribution < 1.29 is 24.9 Å². The fourth-order valence-corrected chi connectivity index (χ4v) is 11.1. The van der Waals surface area contributed by atoms with Crippen LogP contribution in [0.3, 0.4) is 0 Å². The Morgan fingerprint density at radius 2 is 0.944 bits per heavy atom. The predicted octanol–water partition coefficient (Wildman–Crippen LogP) is 5.96. The van der Waals surface area contributed by atoms with E-state index in [1.807, 2.05) is 20.8 Å². The topological polar surface area (TPSA) is 87.0 Å². The van der Waals surface area contributed by atoms with E-state index in [4.69, 9.17) is 4.74 Å². The third-order valence-electron chi connectivity index (χ3n) is 13.0. The summed E-state index contributed by atoms with van der Waals surface area (Å²) in [5.41, 5.74) is -4.92. The minimum atomic E-state index is -0.799. The molecule has 0 saturated heterocycles. The van der Waals surface area contributed by atoms with Crippen molar-refractivity contribution in [2.45, 2.75) is 165 Å². The number of ether oxygens (including phenoxy) is 1. The fraction of sp³-hybridized carbons (Fsp3) is 0.968. The molecule has 36 heavy (non-hydrogen) atoms. The molecule has 7 rings (SSSR count). The third-order valence-corrected chi connectivity index (χ3v) is 13.0. The zero-order chi connectivity index (χ0) is 25.7. The molecule has 0 unspecified atom stereocenters. The van der Waals surface area contributed by atoms with E-state index < -0.39 is 44.1 Å². The average Bonchev–Trinajstić information content (AvgIpc) is 3.56. The van der Waals surface area contributed by atoms with Crippen molar-refractivity contribution in [3.8, 4) is 0 Å². The summed E-state index contributed by atoms with van der Waals surface area (Å²) >= 11 is 0. The largest absolute Gasteiger partial charge is 0.459 e. The highest BCUT2D eigenvalue weighted by atomic mass is 16.6. The Hall–Kier alpha value is -0.650. The normalized spacial score (nSPS) is 44.3. The molecular weight excluding hydrogens is 452 g/mol. The Morgan fingerprint density at radius 3 is 1.22 bits per heavy atom. The van der Waals surface area contributed by atoms with E-state index in [-0.39, 0.29) is 5.97 Å². The summed E-state index contributed by atoms with van der Waals surface area (Å²) in [6, 6.07) is 0. The summed E-state index contributed by atoms with van der Waals surface area (Å²) in [4.78, 5) is 13.7. The van der Waals surface area contributed by atoms with Crippen LogP contribution in [0.4, 0.5) is 0 Å². The third kappa shape index (κ3) is 3.27. The highest BCUT2D eigenvalue weighted by Crippen LogP contribution is 2.80. The van der Waals surface area contributed by atoms with Crippen molar-refractivity contribution in [2.24, 2.45) is 21.7 Å². The van der Waals surface area contributed by atoms with Crippen LogP contribution in [0.5, 0.6) is 0 Å². The van der Waals surface area contributed by atoms with Crippen molar-refractivity contribution in [2.75, 3.05) is 0 Å². The molecule has 0 aromatic rings. The van der Waals surface area contributed by atoms with Gasteiger partial charge in [-0.05, 0) is 97.3 Å². The van der Waals surface area contributed by atoms with Gasteiger partial charge in [-0.15, -0.1) is 0 Å². The van der Waals surface area contributed by atoms with Crippen LogP contribution in [-0.2, 0) is 9.53 Å². The van der Waals surface area contributed by atoms with Crippen LogP contribution in [0.15, 0.2) is 0 Å². The number of hydrogen-bond donors (Lipinski definition) is 3. The van der Waals surface area contributed by atoms with Gasteiger partial charge < -0.3 is 20.1 Å². The molecule has 3 N–H and O–H groups in total. The van der Waals surface area contributed by atoms with Gasteiger partial charge in [-0.2, -0.15) is 0 Å². The maximum atomic E-state index is 13.7. The molecule has 0 aromatic heterocycles. The van der Waals surface area contributed by atoms with Crippen molar-refractivity contribution in [3.05, 3.63) is 0 Å². The van der Waals surface area contributed by atoms with Crippen molar-refractivity contribution >= 4 is 5.97 Å². The summed E-state index contributed by atoms with van der Waals surface area (Å²) in [6.07, 6.45) is 16.2. The Labute approximate surface area is 217 Å². The molecule has 0 aromatic carbocycles. The zero-order valence-corrected chi connectivity index (χ0v) is 23.1. The first-order chi connectivity index (χ1) is 16.8. The molecule has 0 aliphatic heterocycles.